The molecule has 1 unspecified atom stereocenters. The van der Waals surface area contributed by atoms with Crippen molar-refractivity contribution in [2.75, 3.05) is 13.7 Å². The first-order chi connectivity index (χ1) is 9.57. The highest BCUT2D eigenvalue weighted by atomic mass is 35.5. The summed E-state index contributed by atoms with van der Waals surface area (Å²) < 4.78 is 4.94. The summed E-state index contributed by atoms with van der Waals surface area (Å²) in [5.74, 6) is -0.172. The molecule has 0 spiro atoms. The Labute approximate surface area is 136 Å². The Balaban J connectivity index is 0.00000220. The lowest BCUT2D eigenvalue weighted by Crippen LogP contribution is -2.52. The molecule has 6 heteroatoms. The standard InChI is InChI=1S/C15H21ClN2O2.ClH/c1-20-10-13(17)14(19)18-15(7-2-3-8-15)11-5-4-6-12(16)9-11;/h4-6,9,13H,2-3,7-8,10,17H2,1H3,(H,18,19);1H. The van der Waals surface area contributed by atoms with Crippen molar-refractivity contribution in [2.45, 2.75) is 37.3 Å². The quantitative estimate of drug-likeness (QED) is 0.871. The molecule has 2 rings (SSSR count). The minimum atomic E-state index is -0.642. The largest absolute Gasteiger partial charge is 0.383 e. The first-order valence-corrected chi connectivity index (χ1v) is 7.28. The maximum Gasteiger partial charge on any atom is 0.239 e. The average Bonchev–Trinajstić information content (AvgIpc) is 2.89. The van der Waals surface area contributed by atoms with Gasteiger partial charge in [-0.3, -0.25) is 4.79 Å². The van der Waals surface area contributed by atoms with E-state index in [4.69, 9.17) is 22.1 Å². The molecule has 1 saturated carbocycles. The van der Waals surface area contributed by atoms with E-state index in [0.717, 1.165) is 31.2 Å². The van der Waals surface area contributed by atoms with Crippen molar-refractivity contribution in [3.8, 4) is 0 Å². The van der Waals surface area contributed by atoms with Crippen molar-refractivity contribution < 1.29 is 9.53 Å². The van der Waals surface area contributed by atoms with Crippen LogP contribution in [0, 0.1) is 0 Å². The summed E-state index contributed by atoms with van der Waals surface area (Å²) in [7, 11) is 1.54. The van der Waals surface area contributed by atoms with Gasteiger partial charge in [0.05, 0.1) is 12.1 Å². The highest BCUT2D eigenvalue weighted by Crippen LogP contribution is 2.39. The van der Waals surface area contributed by atoms with E-state index in [1.165, 1.54) is 7.11 Å². The van der Waals surface area contributed by atoms with Crippen LogP contribution in [0.3, 0.4) is 0 Å². The summed E-state index contributed by atoms with van der Waals surface area (Å²) in [6, 6.07) is 7.05. The van der Waals surface area contributed by atoms with E-state index in [1.54, 1.807) is 0 Å². The molecule has 0 heterocycles. The Morgan fingerprint density at radius 2 is 2.14 bits per heavy atom. The van der Waals surface area contributed by atoms with Gasteiger partial charge in [0.25, 0.3) is 0 Å². The van der Waals surface area contributed by atoms with Crippen LogP contribution >= 0.6 is 24.0 Å². The van der Waals surface area contributed by atoms with Crippen molar-refractivity contribution in [2.24, 2.45) is 5.73 Å². The van der Waals surface area contributed by atoms with Gasteiger partial charge in [-0.1, -0.05) is 36.6 Å². The highest BCUT2D eigenvalue weighted by Gasteiger charge is 2.38. The molecule has 1 aromatic rings. The number of amides is 1. The van der Waals surface area contributed by atoms with Crippen LogP contribution in [0.4, 0.5) is 0 Å². The van der Waals surface area contributed by atoms with Crippen molar-refractivity contribution in [3.63, 3.8) is 0 Å². The molecule has 21 heavy (non-hydrogen) atoms. The summed E-state index contributed by atoms with van der Waals surface area (Å²) in [5, 5.41) is 3.80. The second-order valence-electron chi connectivity index (χ2n) is 5.35. The van der Waals surface area contributed by atoms with Gasteiger partial charge < -0.3 is 15.8 Å². The van der Waals surface area contributed by atoms with Crippen LogP contribution in [0.25, 0.3) is 0 Å². The van der Waals surface area contributed by atoms with Gasteiger partial charge in [0.1, 0.15) is 6.04 Å². The summed E-state index contributed by atoms with van der Waals surface area (Å²) in [6.45, 7) is 0.220. The number of benzene rings is 1. The van der Waals surface area contributed by atoms with Crippen LogP contribution in [0.5, 0.6) is 0 Å². The van der Waals surface area contributed by atoms with Crippen molar-refractivity contribution >= 4 is 29.9 Å². The Kier molecular flexibility index (Phi) is 6.94. The van der Waals surface area contributed by atoms with Crippen molar-refractivity contribution in [3.05, 3.63) is 34.9 Å². The lowest BCUT2D eigenvalue weighted by Gasteiger charge is -2.32. The number of carbonyl (C=O) groups is 1. The van der Waals surface area contributed by atoms with E-state index in [0.29, 0.717) is 5.02 Å². The van der Waals surface area contributed by atoms with E-state index < -0.39 is 6.04 Å². The third kappa shape index (κ3) is 4.33. The molecule has 1 aliphatic carbocycles. The molecule has 1 aliphatic rings. The topological polar surface area (TPSA) is 64.3 Å². The summed E-state index contributed by atoms with van der Waals surface area (Å²) in [5.41, 5.74) is 6.53. The molecule has 0 aromatic heterocycles. The molecule has 118 valence electrons. The number of nitrogens with two attached hydrogens (primary N) is 1. The third-order valence-corrected chi connectivity index (χ3v) is 4.11. The fourth-order valence-corrected chi connectivity index (χ4v) is 3.02. The molecular formula is C15H22Cl2N2O2. The monoisotopic (exact) mass is 332 g/mol. The predicted octanol–water partition coefficient (Wildman–Crippen LogP) is 2.62. The average molecular weight is 333 g/mol. The number of ether oxygens (including phenoxy) is 1. The van der Waals surface area contributed by atoms with Crippen LogP contribution in [0.15, 0.2) is 24.3 Å². The summed E-state index contributed by atoms with van der Waals surface area (Å²) >= 11 is 6.08. The number of rotatable bonds is 5. The van der Waals surface area contributed by atoms with Crippen LogP contribution in [-0.2, 0) is 15.1 Å². The number of halogens is 2. The molecule has 4 nitrogen and oxygen atoms in total. The first kappa shape index (κ1) is 18.2. The van der Waals surface area contributed by atoms with E-state index in [1.807, 2.05) is 24.3 Å². The zero-order chi connectivity index (χ0) is 14.6. The van der Waals surface area contributed by atoms with E-state index >= 15 is 0 Å². The number of carbonyl (C=O) groups excluding carboxylic acids is 1. The highest BCUT2D eigenvalue weighted by molar-refractivity contribution is 6.30. The van der Waals surface area contributed by atoms with Crippen LogP contribution in [0.1, 0.15) is 31.2 Å². The predicted molar refractivity (Wildman–Crippen MR) is 86.8 cm³/mol. The van der Waals surface area contributed by atoms with Gasteiger partial charge in [0, 0.05) is 12.1 Å². The lowest BCUT2D eigenvalue weighted by atomic mass is 9.88. The molecule has 1 fully saturated rings. The minimum absolute atomic E-state index is 0. The molecule has 0 saturated heterocycles. The number of hydrogen-bond donors (Lipinski definition) is 2. The summed E-state index contributed by atoms with van der Waals surface area (Å²) in [6.07, 6.45) is 4.01. The third-order valence-electron chi connectivity index (χ3n) is 3.88. The molecule has 0 radical (unpaired) electrons. The molecule has 3 N–H and O–H groups in total. The van der Waals surface area contributed by atoms with Gasteiger partial charge in [0.2, 0.25) is 5.91 Å². The molecule has 1 amide bonds. The van der Waals surface area contributed by atoms with Gasteiger partial charge >= 0.3 is 0 Å². The van der Waals surface area contributed by atoms with Gasteiger partial charge in [-0.15, -0.1) is 12.4 Å². The number of hydrogen-bond acceptors (Lipinski definition) is 3. The van der Waals surface area contributed by atoms with Crippen LogP contribution in [0.2, 0.25) is 5.02 Å². The van der Waals surface area contributed by atoms with Crippen LogP contribution < -0.4 is 11.1 Å². The zero-order valence-electron chi connectivity index (χ0n) is 12.1. The molecule has 1 atom stereocenters. The lowest BCUT2D eigenvalue weighted by molar-refractivity contribution is -0.125. The number of nitrogens with one attached hydrogen (secondary N) is 1. The Hall–Kier alpha value is -0.810. The zero-order valence-corrected chi connectivity index (χ0v) is 13.7. The molecule has 0 bridgehead atoms. The van der Waals surface area contributed by atoms with Gasteiger partial charge in [-0.25, -0.2) is 0 Å². The van der Waals surface area contributed by atoms with E-state index in [9.17, 15) is 4.79 Å². The van der Waals surface area contributed by atoms with Gasteiger partial charge in [0.15, 0.2) is 0 Å². The number of methoxy groups -OCH3 is 1. The van der Waals surface area contributed by atoms with Crippen molar-refractivity contribution in [1.29, 1.82) is 0 Å². The Morgan fingerprint density at radius 3 is 2.71 bits per heavy atom. The maximum absolute atomic E-state index is 12.2. The van der Waals surface area contributed by atoms with E-state index in [-0.39, 0.29) is 30.5 Å². The van der Waals surface area contributed by atoms with Gasteiger partial charge in [-0.2, -0.15) is 0 Å². The minimum Gasteiger partial charge on any atom is -0.383 e. The molecular weight excluding hydrogens is 311 g/mol. The normalized spacial score (nSPS) is 17.9. The molecule has 0 aliphatic heterocycles. The fraction of sp³-hybridized carbons (Fsp3) is 0.533. The summed E-state index contributed by atoms with van der Waals surface area (Å²) in [4.78, 5) is 12.2. The second-order valence-corrected chi connectivity index (χ2v) is 5.79. The maximum atomic E-state index is 12.2. The SMILES string of the molecule is COCC(N)C(=O)NC1(c2cccc(Cl)c2)CCCC1.Cl. The Morgan fingerprint density at radius 1 is 1.48 bits per heavy atom. The van der Waals surface area contributed by atoms with Gasteiger partial charge in [-0.05, 0) is 30.5 Å². The first-order valence-electron chi connectivity index (χ1n) is 6.90. The smallest absolute Gasteiger partial charge is 0.239 e. The van der Waals surface area contributed by atoms with Crippen LogP contribution in [-0.4, -0.2) is 25.7 Å². The van der Waals surface area contributed by atoms with Crippen molar-refractivity contribution in [1.82, 2.24) is 5.32 Å². The molecule has 1 aromatic carbocycles. The Bertz CT molecular complexity index is 476. The fourth-order valence-electron chi connectivity index (χ4n) is 2.83. The van der Waals surface area contributed by atoms with E-state index in [2.05, 4.69) is 5.32 Å². The second kappa shape index (κ2) is 7.99.